The van der Waals surface area contributed by atoms with Crippen LogP contribution in [0.5, 0.6) is 0 Å². The van der Waals surface area contributed by atoms with Crippen molar-refractivity contribution in [2.75, 3.05) is 32.7 Å². The van der Waals surface area contributed by atoms with Gasteiger partial charge in [-0.2, -0.15) is 4.31 Å². The lowest BCUT2D eigenvalue weighted by Crippen LogP contribution is -2.54. The zero-order valence-electron chi connectivity index (χ0n) is 16.4. The molecule has 1 aliphatic heterocycles. The predicted octanol–water partition coefficient (Wildman–Crippen LogP) is 1.47. The van der Waals surface area contributed by atoms with Crippen LogP contribution in [0.3, 0.4) is 0 Å². The van der Waals surface area contributed by atoms with Crippen LogP contribution in [0.25, 0.3) is 10.1 Å². The topological polar surface area (TPSA) is 115 Å². The second-order valence-corrected chi connectivity index (χ2v) is 10.7. The molecule has 1 aromatic carbocycles. The molecule has 1 aliphatic rings. The summed E-state index contributed by atoms with van der Waals surface area (Å²) >= 11 is 7.11. The van der Waals surface area contributed by atoms with Crippen LogP contribution in [0, 0.1) is 0 Å². The Morgan fingerprint density at radius 1 is 1.29 bits per heavy atom. The first-order valence-electron chi connectivity index (χ1n) is 9.55. The lowest BCUT2D eigenvalue weighted by molar-refractivity contribution is -0.138. The number of nitrogens with zero attached hydrogens (tertiary/aromatic N) is 3. The smallest absolute Gasteiger partial charge is 0.253 e. The van der Waals surface area contributed by atoms with Gasteiger partial charge in [0.1, 0.15) is 10.0 Å². The molecule has 2 aromatic heterocycles. The van der Waals surface area contributed by atoms with Gasteiger partial charge in [-0.25, -0.2) is 13.4 Å². The van der Waals surface area contributed by atoms with Crippen molar-refractivity contribution in [3.63, 3.8) is 0 Å². The van der Waals surface area contributed by atoms with E-state index in [0.717, 1.165) is 31.6 Å². The van der Waals surface area contributed by atoms with Crippen LogP contribution in [-0.2, 0) is 26.0 Å². The number of aromatic amines is 1. The van der Waals surface area contributed by atoms with Crippen LogP contribution in [0.2, 0.25) is 5.02 Å². The number of thiophene rings is 1. The van der Waals surface area contributed by atoms with E-state index in [1.165, 1.54) is 4.90 Å². The Hall–Kier alpha value is -2.47. The van der Waals surface area contributed by atoms with Crippen LogP contribution in [-0.4, -0.2) is 72.1 Å². The fraction of sp³-hybridized carbons (Fsp3) is 0.316. The van der Waals surface area contributed by atoms with Crippen molar-refractivity contribution in [1.29, 1.82) is 0 Å². The van der Waals surface area contributed by atoms with Crippen molar-refractivity contribution in [3.05, 3.63) is 47.5 Å². The zero-order valence-corrected chi connectivity index (χ0v) is 18.8. The quantitative estimate of drug-likeness (QED) is 0.530. The standard InChI is InChI=1S/C19H20ClN5O4S2/c20-14-2-1-13-9-19(30-15(13)10-14)31(28,29)25-8-7-24(18(27)12-25)11-17(26)23-4-3-16-21-5-6-22-16/h1-2,5-6,9-10H,3-4,7-8,11-12H2,(H,21,22)(H,23,26). The molecule has 0 radical (unpaired) electrons. The van der Waals surface area contributed by atoms with Crippen molar-refractivity contribution < 1.29 is 18.0 Å². The van der Waals surface area contributed by atoms with Gasteiger partial charge in [0.25, 0.3) is 10.0 Å². The first-order valence-corrected chi connectivity index (χ1v) is 12.2. The van der Waals surface area contributed by atoms with Gasteiger partial charge in [-0.15, -0.1) is 11.3 Å². The van der Waals surface area contributed by atoms with Crippen LogP contribution in [0.1, 0.15) is 5.82 Å². The second-order valence-electron chi connectivity index (χ2n) is 7.04. The maximum Gasteiger partial charge on any atom is 0.253 e. The number of piperazine rings is 1. The molecular formula is C19H20ClN5O4S2. The van der Waals surface area contributed by atoms with Gasteiger partial charge in [0.15, 0.2) is 0 Å². The molecule has 0 spiro atoms. The van der Waals surface area contributed by atoms with E-state index in [1.807, 2.05) is 0 Å². The minimum Gasteiger partial charge on any atom is -0.354 e. The molecule has 12 heteroatoms. The van der Waals surface area contributed by atoms with Gasteiger partial charge in [0, 0.05) is 48.2 Å². The summed E-state index contributed by atoms with van der Waals surface area (Å²) in [5.41, 5.74) is 0. The van der Waals surface area contributed by atoms with E-state index in [4.69, 9.17) is 11.6 Å². The van der Waals surface area contributed by atoms with Gasteiger partial charge < -0.3 is 15.2 Å². The lowest BCUT2D eigenvalue weighted by Gasteiger charge is -2.32. The average Bonchev–Trinajstić information content (AvgIpc) is 3.39. The minimum atomic E-state index is -3.81. The molecule has 1 saturated heterocycles. The molecule has 164 valence electrons. The highest BCUT2D eigenvalue weighted by molar-refractivity contribution is 7.91. The molecule has 4 rings (SSSR count). The third-order valence-electron chi connectivity index (χ3n) is 4.91. The maximum absolute atomic E-state index is 13.0. The number of carbonyl (C=O) groups excluding carboxylic acids is 2. The van der Waals surface area contributed by atoms with E-state index in [-0.39, 0.29) is 36.3 Å². The highest BCUT2D eigenvalue weighted by Gasteiger charge is 2.34. The number of rotatable bonds is 7. The van der Waals surface area contributed by atoms with E-state index < -0.39 is 15.9 Å². The number of hydrogen-bond acceptors (Lipinski definition) is 6. The Kier molecular flexibility index (Phi) is 6.28. The van der Waals surface area contributed by atoms with E-state index in [1.54, 1.807) is 36.7 Å². The number of nitrogens with one attached hydrogen (secondary N) is 2. The molecule has 1 fully saturated rings. The van der Waals surface area contributed by atoms with Gasteiger partial charge in [-0.05, 0) is 23.6 Å². The molecule has 9 nitrogen and oxygen atoms in total. The van der Waals surface area contributed by atoms with Gasteiger partial charge in [-0.1, -0.05) is 17.7 Å². The Morgan fingerprint density at radius 2 is 2.13 bits per heavy atom. The Morgan fingerprint density at radius 3 is 2.87 bits per heavy atom. The number of carbonyl (C=O) groups is 2. The number of benzene rings is 1. The van der Waals surface area contributed by atoms with E-state index >= 15 is 0 Å². The zero-order chi connectivity index (χ0) is 22.0. The van der Waals surface area contributed by atoms with Crippen LogP contribution >= 0.6 is 22.9 Å². The summed E-state index contributed by atoms with van der Waals surface area (Å²) in [6.07, 6.45) is 3.90. The van der Waals surface area contributed by atoms with E-state index in [9.17, 15) is 18.0 Å². The van der Waals surface area contributed by atoms with Crippen molar-refractivity contribution in [2.45, 2.75) is 10.6 Å². The number of fused-ring (bicyclic) bond motifs is 1. The number of aromatic nitrogens is 2. The fourth-order valence-electron chi connectivity index (χ4n) is 3.28. The number of halogens is 1. The molecule has 3 aromatic rings. The van der Waals surface area contributed by atoms with Gasteiger partial charge >= 0.3 is 0 Å². The van der Waals surface area contributed by atoms with E-state index in [0.29, 0.717) is 18.0 Å². The van der Waals surface area contributed by atoms with Gasteiger partial charge in [-0.3, -0.25) is 9.59 Å². The summed E-state index contributed by atoms with van der Waals surface area (Å²) in [6, 6.07) is 6.78. The van der Waals surface area contributed by atoms with E-state index in [2.05, 4.69) is 15.3 Å². The van der Waals surface area contributed by atoms with Crippen molar-refractivity contribution in [1.82, 2.24) is 24.5 Å². The molecule has 2 N–H and O–H groups in total. The number of amides is 2. The highest BCUT2D eigenvalue weighted by atomic mass is 35.5. The summed E-state index contributed by atoms with van der Waals surface area (Å²) in [5.74, 6) is 0.0662. The van der Waals surface area contributed by atoms with Crippen molar-refractivity contribution in [2.24, 2.45) is 0 Å². The molecule has 0 atom stereocenters. The van der Waals surface area contributed by atoms with Crippen LogP contribution < -0.4 is 5.32 Å². The molecular weight excluding hydrogens is 462 g/mol. The summed E-state index contributed by atoms with van der Waals surface area (Å²) in [6.45, 7) is 0.275. The lowest BCUT2D eigenvalue weighted by atomic mass is 10.3. The normalized spacial score (nSPS) is 15.5. The largest absolute Gasteiger partial charge is 0.354 e. The van der Waals surface area contributed by atoms with Crippen molar-refractivity contribution >= 4 is 54.9 Å². The molecule has 2 amide bonds. The Bertz CT molecular complexity index is 1210. The number of imidazole rings is 1. The molecule has 0 unspecified atom stereocenters. The first kappa shape index (κ1) is 21.8. The number of H-pyrrole nitrogens is 1. The Labute approximate surface area is 188 Å². The first-order chi connectivity index (χ1) is 14.8. The van der Waals surface area contributed by atoms with Crippen LogP contribution in [0.15, 0.2) is 40.9 Å². The van der Waals surface area contributed by atoms with Gasteiger partial charge in [0.2, 0.25) is 11.8 Å². The summed E-state index contributed by atoms with van der Waals surface area (Å²) in [4.78, 5) is 33.0. The monoisotopic (exact) mass is 481 g/mol. The third kappa shape index (κ3) is 4.90. The third-order valence-corrected chi connectivity index (χ3v) is 8.54. The fourth-order valence-corrected chi connectivity index (χ4v) is 6.49. The predicted molar refractivity (Wildman–Crippen MR) is 117 cm³/mol. The molecule has 0 aliphatic carbocycles. The SMILES string of the molecule is O=C(CN1CCN(S(=O)(=O)c2cc3ccc(Cl)cc3s2)CC1=O)NCCc1ncc[nH]1. The van der Waals surface area contributed by atoms with Gasteiger partial charge in [0.05, 0.1) is 13.1 Å². The molecule has 3 heterocycles. The molecule has 0 saturated carbocycles. The van der Waals surface area contributed by atoms with Crippen molar-refractivity contribution in [3.8, 4) is 0 Å². The molecule has 31 heavy (non-hydrogen) atoms. The highest BCUT2D eigenvalue weighted by Crippen LogP contribution is 2.33. The summed E-state index contributed by atoms with van der Waals surface area (Å²) in [5, 5.41) is 4.06. The average molecular weight is 482 g/mol. The number of hydrogen-bond donors (Lipinski definition) is 2. The summed E-state index contributed by atoms with van der Waals surface area (Å²) in [7, 11) is -3.81. The molecule has 0 bridgehead atoms. The second kappa shape index (κ2) is 8.95. The minimum absolute atomic E-state index is 0.105. The summed E-state index contributed by atoms with van der Waals surface area (Å²) < 4.78 is 28.1. The number of sulfonamides is 1. The maximum atomic E-state index is 13.0. The Balaban J connectivity index is 1.34. The van der Waals surface area contributed by atoms with Crippen LogP contribution in [0.4, 0.5) is 0 Å².